The molecule has 6 nitrogen and oxygen atoms in total. The van der Waals surface area contributed by atoms with Crippen LogP contribution in [0.5, 0.6) is 0 Å². The molecule has 0 radical (unpaired) electrons. The highest BCUT2D eigenvalue weighted by Gasteiger charge is 2.26. The first-order chi connectivity index (χ1) is 9.43. The summed E-state index contributed by atoms with van der Waals surface area (Å²) in [5.41, 5.74) is 0. The van der Waals surface area contributed by atoms with Gasteiger partial charge in [-0.05, 0) is 19.3 Å². The first-order valence-electron chi connectivity index (χ1n) is 7.03. The molecule has 0 aromatic carbocycles. The van der Waals surface area contributed by atoms with Crippen molar-refractivity contribution < 1.29 is 29.7 Å². The van der Waals surface area contributed by atoms with E-state index in [1.165, 1.54) is 0 Å². The van der Waals surface area contributed by atoms with Crippen molar-refractivity contribution in [2.75, 3.05) is 0 Å². The smallest absolute Gasteiger partial charge is 0.317 e. The third-order valence-corrected chi connectivity index (χ3v) is 3.40. The highest BCUT2D eigenvalue weighted by atomic mass is 16.4. The molecular formula is C14H24O6. The third-order valence-electron chi connectivity index (χ3n) is 3.40. The molecule has 3 N–H and O–H groups in total. The lowest BCUT2D eigenvalue weighted by Crippen LogP contribution is -2.25. The lowest BCUT2D eigenvalue weighted by atomic mass is 9.91. The van der Waals surface area contributed by atoms with Crippen LogP contribution in [0, 0.1) is 11.8 Å². The molecule has 0 saturated carbocycles. The number of carboxylic acid groups (broad SMARTS) is 2. The number of hydrogen-bond acceptors (Lipinski definition) is 4. The maximum Gasteiger partial charge on any atom is 0.317 e. The van der Waals surface area contributed by atoms with Crippen molar-refractivity contribution in [2.45, 2.75) is 58.0 Å². The maximum atomic E-state index is 10.9. The van der Waals surface area contributed by atoms with Crippen molar-refractivity contribution >= 4 is 18.2 Å². The van der Waals surface area contributed by atoms with Gasteiger partial charge in [-0.15, -0.1) is 0 Å². The zero-order valence-corrected chi connectivity index (χ0v) is 11.8. The first-order valence-corrected chi connectivity index (χ1v) is 7.03. The van der Waals surface area contributed by atoms with Gasteiger partial charge in [-0.2, -0.15) is 0 Å². The molecule has 0 aliphatic rings. The molecule has 0 aliphatic heterocycles. The van der Waals surface area contributed by atoms with Gasteiger partial charge < -0.3 is 20.1 Å². The number of unbranched alkanes of at least 4 members (excludes halogenated alkanes) is 2. The molecule has 0 fully saturated rings. The largest absolute Gasteiger partial charge is 0.481 e. The Bertz CT molecular complexity index is 301. The van der Waals surface area contributed by atoms with Crippen LogP contribution in [0.3, 0.4) is 0 Å². The number of carboxylic acids is 2. The van der Waals surface area contributed by atoms with Crippen LogP contribution in [-0.4, -0.2) is 39.6 Å². The second kappa shape index (κ2) is 10.4. The normalized spacial score (nSPS) is 13.9. The molecule has 0 aliphatic carbocycles. The fraction of sp³-hybridized carbons (Fsp3) is 0.786. The molecule has 2 atom stereocenters. The molecular weight excluding hydrogens is 264 g/mol. The standard InChI is InChI=1S/C14H24O6/c1-2-3-4-8-12(16)10(9-15)6-5-7-11(13(17)18)14(19)20/h9-12,16H,2-8H2,1H3,(H,17,18)(H,19,20). The van der Waals surface area contributed by atoms with Crippen LogP contribution in [-0.2, 0) is 14.4 Å². The van der Waals surface area contributed by atoms with Crippen molar-refractivity contribution in [3.63, 3.8) is 0 Å². The summed E-state index contributed by atoms with van der Waals surface area (Å²) >= 11 is 0. The number of aliphatic hydroxyl groups is 1. The molecule has 0 spiro atoms. The topological polar surface area (TPSA) is 112 Å². The molecule has 0 rings (SSSR count). The number of rotatable bonds is 12. The van der Waals surface area contributed by atoms with Gasteiger partial charge in [0.05, 0.1) is 6.10 Å². The Labute approximate surface area is 118 Å². The fourth-order valence-electron chi connectivity index (χ4n) is 2.08. The van der Waals surface area contributed by atoms with Gasteiger partial charge in [0.25, 0.3) is 0 Å². The molecule has 116 valence electrons. The number of carbonyl (C=O) groups excluding carboxylic acids is 1. The lowest BCUT2D eigenvalue weighted by molar-refractivity contribution is -0.154. The Morgan fingerprint density at radius 3 is 2.05 bits per heavy atom. The number of carbonyl (C=O) groups is 3. The van der Waals surface area contributed by atoms with E-state index in [9.17, 15) is 19.5 Å². The molecule has 0 saturated heterocycles. The first kappa shape index (κ1) is 18.6. The van der Waals surface area contributed by atoms with Crippen LogP contribution in [0.25, 0.3) is 0 Å². The Balaban J connectivity index is 4.14. The fourth-order valence-corrected chi connectivity index (χ4v) is 2.08. The zero-order valence-electron chi connectivity index (χ0n) is 11.8. The molecule has 20 heavy (non-hydrogen) atoms. The zero-order chi connectivity index (χ0) is 15.5. The van der Waals surface area contributed by atoms with E-state index >= 15 is 0 Å². The van der Waals surface area contributed by atoms with E-state index in [0.717, 1.165) is 19.3 Å². The van der Waals surface area contributed by atoms with Crippen LogP contribution < -0.4 is 0 Å². The molecule has 0 bridgehead atoms. The summed E-state index contributed by atoms with van der Waals surface area (Å²) in [6, 6.07) is 0. The van der Waals surface area contributed by atoms with Crippen LogP contribution >= 0.6 is 0 Å². The summed E-state index contributed by atoms with van der Waals surface area (Å²) < 4.78 is 0. The van der Waals surface area contributed by atoms with Gasteiger partial charge in [0.15, 0.2) is 5.92 Å². The molecule has 0 aromatic heterocycles. The molecule has 6 heteroatoms. The van der Waals surface area contributed by atoms with Crippen LogP contribution in [0.15, 0.2) is 0 Å². The van der Waals surface area contributed by atoms with Crippen molar-refractivity contribution in [3.05, 3.63) is 0 Å². The molecule has 2 unspecified atom stereocenters. The monoisotopic (exact) mass is 288 g/mol. The van der Waals surface area contributed by atoms with Crippen molar-refractivity contribution in [3.8, 4) is 0 Å². The summed E-state index contributed by atoms with van der Waals surface area (Å²) in [5, 5.41) is 27.3. The summed E-state index contributed by atoms with van der Waals surface area (Å²) in [4.78, 5) is 32.3. The van der Waals surface area contributed by atoms with Gasteiger partial charge in [-0.25, -0.2) is 0 Å². The summed E-state index contributed by atoms with van der Waals surface area (Å²) in [5.74, 6) is -4.73. The van der Waals surface area contributed by atoms with Gasteiger partial charge in [-0.3, -0.25) is 9.59 Å². The Morgan fingerprint density at radius 1 is 1.00 bits per heavy atom. The highest BCUT2D eigenvalue weighted by Crippen LogP contribution is 2.18. The minimum atomic E-state index is -1.44. The number of aldehydes is 1. The van der Waals surface area contributed by atoms with Crippen LogP contribution in [0.1, 0.15) is 51.9 Å². The predicted octanol–water partition coefficient (Wildman–Crippen LogP) is 1.70. The lowest BCUT2D eigenvalue weighted by Gasteiger charge is -2.18. The Morgan fingerprint density at radius 2 is 1.60 bits per heavy atom. The maximum absolute atomic E-state index is 10.9. The van der Waals surface area contributed by atoms with Crippen molar-refractivity contribution in [1.29, 1.82) is 0 Å². The summed E-state index contributed by atoms with van der Waals surface area (Å²) in [7, 11) is 0. The second-order valence-corrected chi connectivity index (χ2v) is 5.02. The Hall–Kier alpha value is -1.43. The van der Waals surface area contributed by atoms with E-state index < -0.39 is 29.9 Å². The Kier molecular flexibility index (Phi) is 9.63. The second-order valence-electron chi connectivity index (χ2n) is 5.02. The predicted molar refractivity (Wildman–Crippen MR) is 72.3 cm³/mol. The van der Waals surface area contributed by atoms with E-state index in [1.807, 2.05) is 6.92 Å². The molecule has 0 aromatic rings. The quantitative estimate of drug-likeness (QED) is 0.286. The molecule has 0 amide bonds. The van der Waals surface area contributed by atoms with Crippen molar-refractivity contribution in [1.82, 2.24) is 0 Å². The van der Waals surface area contributed by atoms with Gasteiger partial charge >= 0.3 is 11.9 Å². The van der Waals surface area contributed by atoms with Gasteiger partial charge in [-0.1, -0.05) is 32.6 Å². The van der Waals surface area contributed by atoms with Gasteiger partial charge in [0, 0.05) is 5.92 Å². The third kappa shape index (κ3) is 7.23. The summed E-state index contributed by atoms with van der Waals surface area (Å²) in [6.45, 7) is 2.04. The molecule has 0 heterocycles. The average Bonchev–Trinajstić information content (AvgIpc) is 2.38. The minimum Gasteiger partial charge on any atom is -0.481 e. The van der Waals surface area contributed by atoms with E-state index in [1.54, 1.807) is 0 Å². The summed E-state index contributed by atoms with van der Waals surface area (Å²) in [6.07, 6.45) is 3.91. The van der Waals surface area contributed by atoms with Crippen molar-refractivity contribution in [2.24, 2.45) is 11.8 Å². The van der Waals surface area contributed by atoms with E-state index in [4.69, 9.17) is 10.2 Å². The van der Waals surface area contributed by atoms with Crippen LogP contribution in [0.2, 0.25) is 0 Å². The van der Waals surface area contributed by atoms with E-state index in [-0.39, 0.29) is 12.8 Å². The van der Waals surface area contributed by atoms with E-state index in [0.29, 0.717) is 19.1 Å². The van der Waals surface area contributed by atoms with E-state index in [2.05, 4.69) is 0 Å². The highest BCUT2D eigenvalue weighted by molar-refractivity contribution is 5.92. The van der Waals surface area contributed by atoms with Crippen LogP contribution in [0.4, 0.5) is 0 Å². The number of aliphatic carboxylic acids is 2. The minimum absolute atomic E-state index is 0.0311. The van der Waals surface area contributed by atoms with Gasteiger partial charge in [0.1, 0.15) is 6.29 Å². The average molecular weight is 288 g/mol. The SMILES string of the molecule is CCCCCC(O)C(C=O)CCCC(C(=O)O)C(=O)O. The number of aliphatic hydroxyl groups excluding tert-OH is 1. The van der Waals surface area contributed by atoms with Gasteiger partial charge in [0.2, 0.25) is 0 Å². The number of hydrogen-bond donors (Lipinski definition) is 3.